The van der Waals surface area contributed by atoms with Gasteiger partial charge in [-0.3, -0.25) is 4.79 Å². The fourth-order valence-electron chi connectivity index (χ4n) is 2.43. The van der Waals surface area contributed by atoms with Gasteiger partial charge in [0.05, 0.1) is 17.4 Å². The summed E-state index contributed by atoms with van der Waals surface area (Å²) in [5.41, 5.74) is 1.26. The highest BCUT2D eigenvalue weighted by Crippen LogP contribution is 2.20. The Hall–Kier alpha value is -1.70. The Morgan fingerprint density at radius 2 is 2.00 bits per heavy atom. The van der Waals surface area contributed by atoms with E-state index in [-0.39, 0.29) is 18.0 Å². The number of pyridine rings is 1. The Morgan fingerprint density at radius 1 is 1.25 bits per heavy atom. The molecule has 2 aromatic rings. The Balaban J connectivity index is 0.00000208. The number of benzene rings is 1. The molecule has 2 heterocycles. The molecule has 1 fully saturated rings. The second-order valence-corrected chi connectivity index (χ2v) is 6.07. The maximum atomic E-state index is 13.3. The molecule has 8 heteroatoms. The van der Waals surface area contributed by atoms with E-state index >= 15 is 0 Å². The number of hydrogen-bond donors (Lipinski definition) is 2. The fraction of sp³-hybridized carbons (Fsp3) is 0.250. The van der Waals surface area contributed by atoms with Crippen molar-refractivity contribution in [2.75, 3.05) is 36.4 Å². The molecule has 0 radical (unpaired) electrons. The lowest BCUT2D eigenvalue weighted by atomic mass is 10.2. The third kappa shape index (κ3) is 4.43. The normalized spacial score (nSPS) is 14.0. The van der Waals surface area contributed by atoms with Crippen LogP contribution in [0.25, 0.3) is 0 Å². The van der Waals surface area contributed by atoms with Crippen molar-refractivity contribution in [2.45, 2.75) is 0 Å². The van der Waals surface area contributed by atoms with E-state index in [2.05, 4.69) is 36.4 Å². The SMILES string of the molecule is Cl.O=C(Nc1ccc(N2CCNCC2)cn1)c1cc(F)ccc1Br. The summed E-state index contributed by atoms with van der Waals surface area (Å²) in [6.07, 6.45) is 1.74. The number of nitrogens with zero attached hydrogens (tertiary/aromatic N) is 2. The first-order valence-corrected chi connectivity index (χ1v) is 8.11. The van der Waals surface area contributed by atoms with Crippen molar-refractivity contribution < 1.29 is 9.18 Å². The number of aromatic nitrogens is 1. The zero-order chi connectivity index (χ0) is 16.2. The van der Waals surface area contributed by atoms with Crippen LogP contribution in [0.2, 0.25) is 0 Å². The first-order valence-electron chi connectivity index (χ1n) is 7.31. The van der Waals surface area contributed by atoms with Crippen LogP contribution in [0.15, 0.2) is 41.0 Å². The first kappa shape index (κ1) is 18.6. The molecule has 5 nitrogen and oxygen atoms in total. The van der Waals surface area contributed by atoms with Gasteiger partial charge in [0, 0.05) is 30.7 Å². The minimum absolute atomic E-state index is 0. The highest BCUT2D eigenvalue weighted by Gasteiger charge is 2.13. The summed E-state index contributed by atoms with van der Waals surface area (Å²) in [5.74, 6) is -0.427. The van der Waals surface area contributed by atoms with E-state index < -0.39 is 11.7 Å². The Labute approximate surface area is 154 Å². The van der Waals surface area contributed by atoms with Gasteiger partial charge in [-0.05, 0) is 46.3 Å². The van der Waals surface area contributed by atoms with E-state index in [1.54, 1.807) is 12.3 Å². The molecule has 24 heavy (non-hydrogen) atoms. The van der Waals surface area contributed by atoms with Gasteiger partial charge in [0.15, 0.2) is 0 Å². The second-order valence-electron chi connectivity index (χ2n) is 5.22. The number of hydrogen-bond acceptors (Lipinski definition) is 4. The predicted molar refractivity (Wildman–Crippen MR) is 98.6 cm³/mol. The van der Waals surface area contributed by atoms with E-state index in [9.17, 15) is 9.18 Å². The van der Waals surface area contributed by atoms with Crippen molar-refractivity contribution in [1.29, 1.82) is 0 Å². The molecule has 2 N–H and O–H groups in total. The van der Waals surface area contributed by atoms with Crippen molar-refractivity contribution in [1.82, 2.24) is 10.3 Å². The van der Waals surface area contributed by atoms with Crippen LogP contribution in [0.4, 0.5) is 15.9 Å². The number of rotatable bonds is 3. The molecule has 128 valence electrons. The Kier molecular flexibility index (Phi) is 6.53. The highest BCUT2D eigenvalue weighted by atomic mass is 79.9. The Morgan fingerprint density at radius 3 is 2.67 bits per heavy atom. The van der Waals surface area contributed by atoms with Gasteiger partial charge in [0.2, 0.25) is 0 Å². The number of nitrogens with one attached hydrogen (secondary N) is 2. The largest absolute Gasteiger partial charge is 0.368 e. The molecular formula is C16H17BrClFN4O. The number of anilines is 2. The topological polar surface area (TPSA) is 57.3 Å². The van der Waals surface area contributed by atoms with E-state index in [1.807, 2.05) is 6.07 Å². The molecule has 1 aliphatic rings. The zero-order valence-corrected chi connectivity index (χ0v) is 15.2. The van der Waals surface area contributed by atoms with Crippen molar-refractivity contribution in [3.05, 3.63) is 52.4 Å². The van der Waals surface area contributed by atoms with Crippen LogP contribution in [0.5, 0.6) is 0 Å². The molecule has 1 aromatic heterocycles. The number of amides is 1. The fourth-order valence-corrected chi connectivity index (χ4v) is 2.85. The average Bonchev–Trinajstić information content (AvgIpc) is 2.58. The van der Waals surface area contributed by atoms with Crippen LogP contribution in [0.3, 0.4) is 0 Å². The number of piperazine rings is 1. The minimum atomic E-state index is -0.458. The molecule has 0 spiro atoms. The van der Waals surface area contributed by atoms with Crippen LogP contribution < -0.4 is 15.5 Å². The summed E-state index contributed by atoms with van der Waals surface area (Å²) in [5, 5.41) is 5.97. The Bertz CT molecular complexity index is 708. The van der Waals surface area contributed by atoms with Crippen LogP contribution in [0, 0.1) is 5.82 Å². The summed E-state index contributed by atoms with van der Waals surface area (Å²) in [6, 6.07) is 7.66. The van der Waals surface area contributed by atoms with E-state index in [0.29, 0.717) is 10.3 Å². The van der Waals surface area contributed by atoms with Gasteiger partial charge in [0.25, 0.3) is 5.91 Å². The van der Waals surface area contributed by atoms with Crippen molar-refractivity contribution in [3.63, 3.8) is 0 Å². The summed E-state index contributed by atoms with van der Waals surface area (Å²) in [7, 11) is 0. The van der Waals surface area contributed by atoms with Crippen LogP contribution in [-0.2, 0) is 0 Å². The standard InChI is InChI=1S/C16H16BrFN4O.ClH/c17-14-3-1-11(18)9-13(14)16(23)21-15-4-2-12(10-20-15)22-7-5-19-6-8-22;/h1-4,9-10,19H,5-8H2,(H,20,21,23);1H. The molecule has 0 saturated carbocycles. The van der Waals surface area contributed by atoms with Crippen molar-refractivity contribution >= 4 is 45.7 Å². The van der Waals surface area contributed by atoms with E-state index in [1.165, 1.54) is 18.2 Å². The molecule has 1 aromatic carbocycles. The van der Waals surface area contributed by atoms with Crippen LogP contribution in [-0.4, -0.2) is 37.1 Å². The summed E-state index contributed by atoms with van der Waals surface area (Å²) in [4.78, 5) is 18.7. The molecule has 0 bridgehead atoms. The highest BCUT2D eigenvalue weighted by molar-refractivity contribution is 9.10. The number of carbonyl (C=O) groups excluding carboxylic acids is 1. The van der Waals surface area contributed by atoms with Gasteiger partial charge in [-0.2, -0.15) is 0 Å². The van der Waals surface area contributed by atoms with Gasteiger partial charge in [-0.1, -0.05) is 0 Å². The monoisotopic (exact) mass is 414 g/mol. The maximum absolute atomic E-state index is 13.3. The van der Waals surface area contributed by atoms with Gasteiger partial charge >= 0.3 is 0 Å². The second kappa shape index (κ2) is 8.41. The molecule has 0 aliphatic carbocycles. The molecule has 0 unspecified atom stereocenters. The summed E-state index contributed by atoms with van der Waals surface area (Å²) < 4.78 is 13.8. The third-order valence-electron chi connectivity index (χ3n) is 3.64. The van der Waals surface area contributed by atoms with E-state index in [4.69, 9.17) is 0 Å². The number of carbonyl (C=O) groups is 1. The summed E-state index contributed by atoms with van der Waals surface area (Å²) >= 11 is 3.25. The van der Waals surface area contributed by atoms with Crippen molar-refractivity contribution in [2.24, 2.45) is 0 Å². The molecule has 1 aliphatic heterocycles. The predicted octanol–water partition coefficient (Wildman–Crippen LogP) is 3.07. The average molecular weight is 416 g/mol. The van der Waals surface area contributed by atoms with Crippen LogP contribution in [0.1, 0.15) is 10.4 Å². The lowest BCUT2D eigenvalue weighted by molar-refractivity contribution is 0.102. The lowest BCUT2D eigenvalue weighted by Crippen LogP contribution is -2.43. The third-order valence-corrected chi connectivity index (χ3v) is 4.34. The zero-order valence-electron chi connectivity index (χ0n) is 12.8. The molecule has 1 saturated heterocycles. The van der Waals surface area contributed by atoms with Crippen molar-refractivity contribution in [3.8, 4) is 0 Å². The molecule has 1 amide bonds. The van der Waals surface area contributed by atoms with E-state index in [0.717, 1.165) is 31.9 Å². The molecule has 0 atom stereocenters. The maximum Gasteiger partial charge on any atom is 0.258 e. The minimum Gasteiger partial charge on any atom is -0.368 e. The quantitative estimate of drug-likeness (QED) is 0.809. The molecular weight excluding hydrogens is 399 g/mol. The van der Waals surface area contributed by atoms with Gasteiger partial charge < -0.3 is 15.5 Å². The smallest absolute Gasteiger partial charge is 0.258 e. The van der Waals surface area contributed by atoms with Gasteiger partial charge in [-0.15, -0.1) is 12.4 Å². The van der Waals surface area contributed by atoms with Gasteiger partial charge in [0.1, 0.15) is 11.6 Å². The summed E-state index contributed by atoms with van der Waals surface area (Å²) in [6.45, 7) is 3.77. The molecule has 3 rings (SSSR count). The van der Waals surface area contributed by atoms with Gasteiger partial charge in [-0.25, -0.2) is 9.37 Å². The first-order chi connectivity index (χ1) is 11.1. The van der Waals surface area contributed by atoms with Crippen LogP contribution >= 0.6 is 28.3 Å². The lowest BCUT2D eigenvalue weighted by Gasteiger charge is -2.29. The number of halogens is 3.